The molecule has 2 fully saturated rings. The zero-order valence-corrected chi connectivity index (χ0v) is 12.7. The van der Waals surface area contributed by atoms with E-state index in [2.05, 4.69) is 10.3 Å². The van der Waals surface area contributed by atoms with Gasteiger partial charge in [-0.05, 0) is 43.4 Å². The molecule has 116 valence electrons. The average molecular weight is 292 g/mol. The van der Waals surface area contributed by atoms with Gasteiger partial charge in [-0.1, -0.05) is 13.8 Å². The van der Waals surface area contributed by atoms with Gasteiger partial charge in [-0.15, -0.1) is 0 Å². The molecule has 0 saturated heterocycles. The molecule has 4 N–H and O–H groups in total. The summed E-state index contributed by atoms with van der Waals surface area (Å²) >= 11 is 0. The van der Waals surface area contributed by atoms with E-state index in [1.54, 1.807) is 0 Å². The molecular weight excluding hydrogens is 268 g/mol. The molecule has 0 bridgehead atoms. The van der Waals surface area contributed by atoms with E-state index in [4.69, 9.17) is 5.73 Å². The highest BCUT2D eigenvalue weighted by Crippen LogP contribution is 2.45. The largest absolute Gasteiger partial charge is 0.383 e. The number of anilines is 2. The topological polar surface area (TPSA) is 92.9 Å². The van der Waals surface area contributed by atoms with Gasteiger partial charge in [-0.2, -0.15) is 0 Å². The average Bonchev–Trinajstić information content (AvgIpc) is 3.25. The molecule has 0 aromatic carbocycles. The number of H-pyrrole nitrogens is 1. The van der Waals surface area contributed by atoms with E-state index in [0.29, 0.717) is 30.1 Å². The zero-order valence-electron chi connectivity index (χ0n) is 12.7. The minimum absolute atomic E-state index is 0.267. The van der Waals surface area contributed by atoms with Crippen LogP contribution in [0.5, 0.6) is 0 Å². The summed E-state index contributed by atoms with van der Waals surface area (Å²) in [5.74, 6) is 1.86. The molecule has 0 radical (unpaired) electrons. The number of nitrogens with two attached hydrogens (primary N) is 1. The van der Waals surface area contributed by atoms with Crippen LogP contribution in [-0.4, -0.2) is 15.6 Å². The van der Waals surface area contributed by atoms with Crippen molar-refractivity contribution in [2.45, 2.75) is 52.1 Å². The molecule has 6 nitrogen and oxygen atoms in total. The summed E-state index contributed by atoms with van der Waals surface area (Å²) in [7, 11) is 0. The van der Waals surface area contributed by atoms with Gasteiger partial charge in [0.15, 0.2) is 0 Å². The summed E-state index contributed by atoms with van der Waals surface area (Å²) in [5, 5.41) is 3.35. The van der Waals surface area contributed by atoms with Crippen molar-refractivity contribution in [1.29, 1.82) is 0 Å². The van der Waals surface area contributed by atoms with Gasteiger partial charge in [0.2, 0.25) is 0 Å². The lowest BCUT2D eigenvalue weighted by Gasteiger charge is -2.21. The number of nitrogen functional groups attached to an aromatic ring is 1. The predicted molar refractivity (Wildman–Crippen MR) is 83.4 cm³/mol. The minimum atomic E-state index is -0.425. The highest BCUT2D eigenvalue weighted by molar-refractivity contribution is 5.61. The van der Waals surface area contributed by atoms with Gasteiger partial charge in [0.1, 0.15) is 11.5 Å². The second kappa shape index (κ2) is 5.24. The van der Waals surface area contributed by atoms with E-state index in [1.165, 1.54) is 30.3 Å². The van der Waals surface area contributed by atoms with Crippen molar-refractivity contribution in [3.05, 3.63) is 20.8 Å². The maximum atomic E-state index is 12.1. The number of hydrogen-bond donors (Lipinski definition) is 3. The van der Waals surface area contributed by atoms with Gasteiger partial charge < -0.3 is 11.1 Å². The highest BCUT2D eigenvalue weighted by Gasteiger charge is 2.42. The normalized spacial score (nSPS) is 18.5. The quantitative estimate of drug-likeness (QED) is 0.738. The van der Waals surface area contributed by atoms with Crippen molar-refractivity contribution in [3.8, 4) is 0 Å². The summed E-state index contributed by atoms with van der Waals surface area (Å²) in [6.07, 6.45) is 4.88. The van der Waals surface area contributed by atoms with Crippen LogP contribution >= 0.6 is 0 Å². The van der Waals surface area contributed by atoms with E-state index in [0.717, 1.165) is 0 Å². The van der Waals surface area contributed by atoms with Crippen molar-refractivity contribution < 1.29 is 0 Å². The molecule has 2 aliphatic rings. The number of hydrogen-bond acceptors (Lipinski definition) is 4. The summed E-state index contributed by atoms with van der Waals surface area (Å²) in [4.78, 5) is 26.4. The van der Waals surface area contributed by atoms with Gasteiger partial charge >= 0.3 is 5.69 Å². The number of aromatic nitrogens is 2. The van der Waals surface area contributed by atoms with Crippen LogP contribution in [0.4, 0.5) is 11.5 Å². The smallest absolute Gasteiger partial charge is 0.330 e. The molecule has 0 amide bonds. The molecular formula is C15H24N4O2. The summed E-state index contributed by atoms with van der Waals surface area (Å²) in [5.41, 5.74) is 5.65. The minimum Gasteiger partial charge on any atom is -0.383 e. The maximum absolute atomic E-state index is 12.1. The third-order valence-corrected chi connectivity index (χ3v) is 4.36. The molecule has 6 heteroatoms. The fraction of sp³-hybridized carbons (Fsp3) is 0.733. The lowest BCUT2D eigenvalue weighted by Crippen LogP contribution is -2.37. The van der Waals surface area contributed by atoms with Crippen LogP contribution in [0.1, 0.15) is 39.5 Å². The Labute approximate surface area is 123 Å². The maximum Gasteiger partial charge on any atom is 0.330 e. The van der Waals surface area contributed by atoms with Crippen molar-refractivity contribution in [3.63, 3.8) is 0 Å². The Morgan fingerprint density at radius 2 is 1.81 bits per heavy atom. The molecule has 2 aliphatic carbocycles. The van der Waals surface area contributed by atoms with Gasteiger partial charge in [-0.3, -0.25) is 14.3 Å². The molecule has 0 atom stereocenters. The Balaban J connectivity index is 1.93. The Hall–Kier alpha value is -1.72. The van der Waals surface area contributed by atoms with E-state index in [-0.39, 0.29) is 11.7 Å². The molecule has 21 heavy (non-hydrogen) atoms. The van der Waals surface area contributed by atoms with Crippen LogP contribution in [0, 0.1) is 17.8 Å². The second-order valence-electron chi connectivity index (χ2n) is 6.87. The van der Waals surface area contributed by atoms with Crippen LogP contribution < -0.4 is 22.3 Å². The van der Waals surface area contributed by atoms with Crippen LogP contribution in [0.15, 0.2) is 9.59 Å². The highest BCUT2D eigenvalue weighted by atomic mass is 16.2. The Morgan fingerprint density at radius 3 is 2.29 bits per heavy atom. The second-order valence-corrected chi connectivity index (χ2v) is 6.87. The number of rotatable bonds is 6. The standard InChI is InChI=1S/C15H24N4O2/c1-8(2)7-19-13(16)12(14(20)18-15(19)21)17-11(9-3-4-9)10-5-6-10/h8-11,17H,3-7,16H2,1-2H3,(H,18,20,21). The molecule has 1 aromatic heterocycles. The van der Waals surface area contributed by atoms with E-state index in [1.807, 2.05) is 13.8 Å². The fourth-order valence-corrected chi connectivity index (χ4v) is 2.97. The molecule has 3 rings (SSSR count). The first kappa shape index (κ1) is 14.2. The Kier molecular flexibility index (Phi) is 3.55. The Morgan fingerprint density at radius 1 is 1.24 bits per heavy atom. The molecule has 1 heterocycles. The lowest BCUT2D eigenvalue weighted by molar-refractivity contribution is 0.506. The van der Waals surface area contributed by atoms with Crippen LogP contribution in [0.3, 0.4) is 0 Å². The first-order chi connectivity index (χ1) is 9.97. The molecule has 0 spiro atoms. The molecule has 1 aromatic rings. The van der Waals surface area contributed by atoms with Gasteiger partial charge in [0, 0.05) is 12.6 Å². The van der Waals surface area contributed by atoms with Crippen molar-refractivity contribution in [2.75, 3.05) is 11.1 Å². The molecule has 0 unspecified atom stereocenters. The summed E-state index contributed by atoms with van der Waals surface area (Å²) in [6, 6.07) is 0.332. The third-order valence-electron chi connectivity index (χ3n) is 4.36. The van der Waals surface area contributed by atoms with E-state index >= 15 is 0 Å². The molecule has 2 saturated carbocycles. The van der Waals surface area contributed by atoms with Crippen LogP contribution in [0.25, 0.3) is 0 Å². The monoisotopic (exact) mass is 292 g/mol. The number of nitrogens with zero attached hydrogens (tertiary/aromatic N) is 1. The zero-order chi connectivity index (χ0) is 15.1. The van der Waals surface area contributed by atoms with Gasteiger partial charge in [-0.25, -0.2) is 4.79 Å². The van der Waals surface area contributed by atoms with Crippen molar-refractivity contribution in [1.82, 2.24) is 9.55 Å². The number of aromatic amines is 1. The Bertz CT molecular complexity index is 626. The lowest BCUT2D eigenvalue weighted by atomic mass is 10.1. The first-order valence-corrected chi connectivity index (χ1v) is 7.86. The molecule has 0 aliphatic heterocycles. The van der Waals surface area contributed by atoms with Crippen LogP contribution in [0.2, 0.25) is 0 Å². The predicted octanol–water partition coefficient (Wildman–Crippen LogP) is 1.38. The third kappa shape index (κ3) is 2.99. The SMILES string of the molecule is CC(C)Cn1c(N)c(NC(C2CC2)C2CC2)c(=O)[nH]c1=O. The number of nitrogens with one attached hydrogen (secondary N) is 2. The van der Waals surface area contributed by atoms with E-state index in [9.17, 15) is 9.59 Å². The van der Waals surface area contributed by atoms with E-state index < -0.39 is 11.2 Å². The first-order valence-electron chi connectivity index (χ1n) is 7.86. The summed E-state index contributed by atoms with van der Waals surface area (Å²) in [6.45, 7) is 4.54. The van der Waals surface area contributed by atoms with Crippen molar-refractivity contribution >= 4 is 11.5 Å². The fourth-order valence-electron chi connectivity index (χ4n) is 2.97. The van der Waals surface area contributed by atoms with Crippen LogP contribution in [-0.2, 0) is 6.54 Å². The van der Waals surface area contributed by atoms with Crippen molar-refractivity contribution in [2.24, 2.45) is 17.8 Å². The van der Waals surface area contributed by atoms with Gasteiger partial charge in [0.25, 0.3) is 5.56 Å². The summed E-state index contributed by atoms with van der Waals surface area (Å²) < 4.78 is 1.46. The van der Waals surface area contributed by atoms with Gasteiger partial charge in [0.05, 0.1) is 0 Å².